The number of pyridine rings is 1. The number of likely N-dealkylation sites (N-methyl/N-ethyl adjacent to an activating group) is 1. The lowest BCUT2D eigenvalue weighted by Gasteiger charge is -2.31. The molecule has 0 unspecified atom stereocenters. The second-order valence-electron chi connectivity index (χ2n) is 9.33. The summed E-state index contributed by atoms with van der Waals surface area (Å²) in [4.78, 5) is 26.8. The average molecular weight is 530 g/mol. The number of carbonyl (C=O) groups excluding carboxylic acids is 1. The van der Waals surface area contributed by atoms with Crippen molar-refractivity contribution in [3.63, 3.8) is 0 Å². The van der Waals surface area contributed by atoms with E-state index < -0.39 is 16.1 Å². The first-order valence-corrected chi connectivity index (χ1v) is 13.5. The number of aldehydes is 1. The highest BCUT2D eigenvalue weighted by molar-refractivity contribution is 7.92. The molecule has 0 aliphatic carbocycles. The van der Waals surface area contributed by atoms with Crippen molar-refractivity contribution < 1.29 is 17.9 Å². The summed E-state index contributed by atoms with van der Waals surface area (Å²) >= 11 is 0. The van der Waals surface area contributed by atoms with Crippen LogP contribution in [0.15, 0.2) is 71.8 Å². The van der Waals surface area contributed by atoms with Gasteiger partial charge in [0.25, 0.3) is 10.0 Å². The molecule has 2 aromatic carbocycles. The fraction of sp³-hybridized carbons (Fsp3) is 0.214. The van der Waals surface area contributed by atoms with Crippen LogP contribution in [0.4, 0.5) is 5.95 Å². The number of fused-ring (bicyclic) bond motifs is 1. The summed E-state index contributed by atoms with van der Waals surface area (Å²) in [5, 5.41) is 0. The molecule has 2 aromatic heterocycles. The van der Waals surface area contributed by atoms with Crippen LogP contribution in [-0.2, 0) is 16.6 Å². The van der Waals surface area contributed by atoms with Crippen LogP contribution in [0.5, 0.6) is 5.88 Å². The highest BCUT2D eigenvalue weighted by Crippen LogP contribution is 2.32. The van der Waals surface area contributed by atoms with Crippen LogP contribution >= 0.6 is 0 Å². The summed E-state index contributed by atoms with van der Waals surface area (Å²) in [6.45, 7) is 5.28. The van der Waals surface area contributed by atoms with Gasteiger partial charge in [0.15, 0.2) is 6.10 Å². The number of aryl methyl sites for hydroxylation is 2. The topological polar surface area (TPSA) is 114 Å². The van der Waals surface area contributed by atoms with Crippen molar-refractivity contribution in [1.29, 1.82) is 0 Å². The highest BCUT2D eigenvalue weighted by Gasteiger charge is 2.27. The lowest BCUT2D eigenvalue weighted by molar-refractivity contribution is 0.112. The second kappa shape index (κ2) is 10.3. The maximum absolute atomic E-state index is 13.2. The zero-order valence-corrected chi connectivity index (χ0v) is 22.1. The van der Waals surface area contributed by atoms with E-state index in [9.17, 15) is 13.2 Å². The predicted molar refractivity (Wildman–Crippen MR) is 144 cm³/mol. The molecular formula is C28H27N5O4S. The summed E-state index contributed by atoms with van der Waals surface area (Å²) in [6, 6.07) is 17.3. The molecule has 0 spiro atoms. The molecule has 0 radical (unpaired) electrons. The van der Waals surface area contributed by atoms with Crippen LogP contribution in [0.25, 0.3) is 11.3 Å². The summed E-state index contributed by atoms with van der Waals surface area (Å²) < 4.78 is 35.2. The van der Waals surface area contributed by atoms with Crippen molar-refractivity contribution in [2.75, 3.05) is 18.3 Å². The fourth-order valence-corrected chi connectivity index (χ4v) is 5.65. The summed E-state index contributed by atoms with van der Waals surface area (Å²) in [7, 11) is -2.08. The smallest absolute Gasteiger partial charge is 0.264 e. The van der Waals surface area contributed by atoms with Gasteiger partial charge in [0, 0.05) is 36.5 Å². The first kappa shape index (κ1) is 25.5. The lowest BCUT2D eigenvalue weighted by Crippen LogP contribution is -2.34. The van der Waals surface area contributed by atoms with Crippen molar-refractivity contribution in [3.05, 3.63) is 94.8 Å². The maximum atomic E-state index is 13.2. The van der Waals surface area contributed by atoms with E-state index in [4.69, 9.17) is 4.74 Å². The van der Waals surface area contributed by atoms with E-state index in [2.05, 4.69) is 24.6 Å². The van der Waals surface area contributed by atoms with Crippen molar-refractivity contribution in [1.82, 2.24) is 19.9 Å². The number of ether oxygens (including phenoxy) is 1. The zero-order chi connectivity index (χ0) is 26.9. The molecule has 0 bridgehead atoms. The van der Waals surface area contributed by atoms with E-state index in [0.717, 1.165) is 34.5 Å². The highest BCUT2D eigenvalue weighted by atomic mass is 32.2. The number of sulfonamides is 1. The van der Waals surface area contributed by atoms with E-state index in [0.29, 0.717) is 18.5 Å². The number of aromatic nitrogens is 3. The van der Waals surface area contributed by atoms with Gasteiger partial charge < -0.3 is 4.74 Å². The molecule has 4 aromatic rings. The van der Waals surface area contributed by atoms with Crippen molar-refractivity contribution in [2.24, 2.45) is 0 Å². The molecule has 0 amide bonds. The number of nitrogens with one attached hydrogen (secondary N) is 1. The minimum Gasteiger partial charge on any atom is -0.466 e. The van der Waals surface area contributed by atoms with Crippen LogP contribution in [0.3, 0.4) is 0 Å². The van der Waals surface area contributed by atoms with E-state index in [1.165, 1.54) is 24.3 Å². The largest absolute Gasteiger partial charge is 0.466 e. The van der Waals surface area contributed by atoms with Gasteiger partial charge in [-0.1, -0.05) is 36.4 Å². The second-order valence-corrected chi connectivity index (χ2v) is 11.0. The van der Waals surface area contributed by atoms with Crippen LogP contribution in [-0.4, -0.2) is 48.1 Å². The van der Waals surface area contributed by atoms with Crippen molar-refractivity contribution in [3.8, 4) is 17.1 Å². The Labute approximate surface area is 221 Å². The van der Waals surface area contributed by atoms with E-state index in [-0.39, 0.29) is 22.3 Å². The monoisotopic (exact) mass is 529 g/mol. The number of anilines is 1. The Bertz CT molecular complexity index is 1600. The SMILES string of the molecule is Cc1cccc(C)c1-c1cc(O[C@H]2CN(C)Cc3cccnc32)nc(NS(=O)(=O)c2cccc(C=O)c2)n1. The molecule has 0 saturated heterocycles. The number of rotatable bonds is 7. The Kier molecular flexibility index (Phi) is 6.92. The first-order chi connectivity index (χ1) is 18.2. The Morgan fingerprint density at radius 2 is 1.79 bits per heavy atom. The molecule has 1 N–H and O–H groups in total. The van der Waals surface area contributed by atoms with Gasteiger partial charge in [0.2, 0.25) is 11.8 Å². The molecule has 38 heavy (non-hydrogen) atoms. The minimum atomic E-state index is -4.08. The van der Waals surface area contributed by atoms with Crippen LogP contribution in [0, 0.1) is 13.8 Å². The normalized spacial score (nSPS) is 15.5. The Morgan fingerprint density at radius 1 is 1.03 bits per heavy atom. The van der Waals surface area contributed by atoms with Crippen LogP contribution in [0.2, 0.25) is 0 Å². The summed E-state index contributed by atoms with van der Waals surface area (Å²) in [6.07, 6.45) is 1.92. The molecule has 0 fully saturated rings. The van der Waals surface area contributed by atoms with Gasteiger partial charge >= 0.3 is 0 Å². The number of benzene rings is 2. The zero-order valence-electron chi connectivity index (χ0n) is 21.2. The average Bonchev–Trinajstić information content (AvgIpc) is 2.88. The molecule has 0 saturated carbocycles. The molecule has 1 atom stereocenters. The van der Waals surface area contributed by atoms with E-state index >= 15 is 0 Å². The molecule has 3 heterocycles. The third-order valence-electron chi connectivity index (χ3n) is 6.38. The Morgan fingerprint density at radius 3 is 2.55 bits per heavy atom. The molecule has 1 aliphatic rings. The standard InChI is InChI=1S/C28H27N5O4S/c1-18-7-4-8-19(2)26(18)23-14-25(37-24-16-33(3)15-21-10-6-12-29-27(21)24)31-28(30-23)32-38(35,36)22-11-5-9-20(13-22)17-34/h4-14,17,24H,15-16H2,1-3H3,(H,30,31,32)/t24-/m0/s1. The lowest BCUT2D eigenvalue weighted by atomic mass is 10.00. The predicted octanol–water partition coefficient (Wildman–Crippen LogP) is 4.33. The molecule has 194 valence electrons. The molecule has 1 aliphatic heterocycles. The van der Waals surface area contributed by atoms with Gasteiger partial charge in [0.05, 0.1) is 16.3 Å². The quantitative estimate of drug-likeness (QED) is 0.352. The van der Waals surface area contributed by atoms with Crippen molar-refractivity contribution >= 4 is 22.3 Å². The third kappa shape index (κ3) is 5.27. The van der Waals surface area contributed by atoms with Crippen LogP contribution < -0.4 is 9.46 Å². The third-order valence-corrected chi connectivity index (χ3v) is 7.71. The van der Waals surface area contributed by atoms with Gasteiger partial charge in [0.1, 0.15) is 6.29 Å². The summed E-state index contributed by atoms with van der Waals surface area (Å²) in [5.41, 5.74) is 5.47. The molecular weight excluding hydrogens is 502 g/mol. The van der Waals surface area contributed by atoms with Gasteiger partial charge in [-0.15, -0.1) is 0 Å². The van der Waals surface area contributed by atoms with Gasteiger partial charge in [-0.2, -0.15) is 4.98 Å². The van der Waals surface area contributed by atoms with E-state index in [1.54, 1.807) is 12.3 Å². The minimum absolute atomic E-state index is 0.0716. The number of nitrogens with zero attached hydrogens (tertiary/aromatic N) is 4. The Hall–Kier alpha value is -4.15. The summed E-state index contributed by atoms with van der Waals surface area (Å²) in [5.74, 6) is 0.0796. The molecule has 9 nitrogen and oxygen atoms in total. The molecule has 5 rings (SSSR count). The number of hydrogen-bond acceptors (Lipinski definition) is 8. The maximum Gasteiger partial charge on any atom is 0.264 e. The van der Waals surface area contributed by atoms with Gasteiger partial charge in [-0.05, 0) is 55.8 Å². The molecule has 10 heteroatoms. The van der Waals surface area contributed by atoms with Gasteiger partial charge in [-0.25, -0.2) is 18.1 Å². The van der Waals surface area contributed by atoms with E-state index in [1.807, 2.05) is 51.2 Å². The van der Waals surface area contributed by atoms with Crippen molar-refractivity contribution in [2.45, 2.75) is 31.4 Å². The first-order valence-electron chi connectivity index (χ1n) is 12.1. The van der Waals surface area contributed by atoms with Crippen LogP contribution in [0.1, 0.15) is 38.8 Å². The number of carbonyl (C=O) groups is 1. The number of hydrogen-bond donors (Lipinski definition) is 1. The Balaban J connectivity index is 1.58. The van der Waals surface area contributed by atoms with Gasteiger partial charge in [-0.3, -0.25) is 14.7 Å². The fourth-order valence-electron chi connectivity index (χ4n) is 4.65.